The van der Waals surface area contributed by atoms with Crippen LogP contribution in [0.1, 0.15) is 24.2 Å². The lowest BCUT2D eigenvalue weighted by molar-refractivity contribution is -0.148. The van der Waals surface area contributed by atoms with Gasteiger partial charge in [-0.15, -0.1) is 0 Å². The van der Waals surface area contributed by atoms with Crippen LogP contribution in [0.5, 0.6) is 0 Å². The summed E-state index contributed by atoms with van der Waals surface area (Å²) in [5.41, 5.74) is -1.82. The number of rotatable bonds is 4. The van der Waals surface area contributed by atoms with E-state index in [0.717, 1.165) is 13.8 Å². The molecule has 1 aromatic carbocycles. The van der Waals surface area contributed by atoms with Crippen LogP contribution >= 0.6 is 12.8 Å². The number of carboxylic acids is 1. The summed E-state index contributed by atoms with van der Waals surface area (Å²) >= 11 is 3.82. The number of Topliss-reactive ketones (excluding diaryl/α,β-unsaturated/α-hetero) is 1. The Morgan fingerprint density at radius 1 is 1.22 bits per heavy atom. The number of thiol groups is 1. The van der Waals surface area contributed by atoms with E-state index >= 15 is 0 Å². The number of nitrogens with zero attached hydrogens (tertiary/aromatic N) is 1. The molecule has 5 nitrogen and oxygen atoms in total. The van der Waals surface area contributed by atoms with Crippen LogP contribution in [0, 0.1) is 0 Å². The van der Waals surface area contributed by atoms with Crippen molar-refractivity contribution in [2.45, 2.75) is 19.4 Å². The van der Waals surface area contributed by atoms with E-state index in [0.29, 0.717) is 4.31 Å². The molecule has 1 aromatic rings. The van der Waals surface area contributed by atoms with Gasteiger partial charge in [0.15, 0.2) is 0 Å². The molecular weight excluding hydrogens is 254 g/mol. The minimum absolute atomic E-state index is 0.211. The van der Waals surface area contributed by atoms with Crippen molar-refractivity contribution in [3.8, 4) is 0 Å². The number of ketones is 1. The number of carbonyl (C=O) groups is 3. The molecule has 18 heavy (non-hydrogen) atoms. The van der Waals surface area contributed by atoms with Crippen molar-refractivity contribution in [1.82, 2.24) is 4.31 Å². The lowest BCUT2D eigenvalue weighted by atomic mass is 9.91. The topological polar surface area (TPSA) is 74.7 Å². The molecule has 1 N–H and O–H groups in total. The van der Waals surface area contributed by atoms with E-state index in [1.807, 2.05) is 0 Å². The van der Waals surface area contributed by atoms with Crippen LogP contribution in [0.25, 0.3) is 0 Å². The molecule has 0 radical (unpaired) electrons. The quantitative estimate of drug-likeness (QED) is 0.491. The van der Waals surface area contributed by atoms with Crippen LogP contribution in [-0.4, -0.2) is 32.6 Å². The minimum atomic E-state index is -2.03. The molecule has 0 aromatic heterocycles. The van der Waals surface area contributed by atoms with Gasteiger partial charge in [0.1, 0.15) is 0 Å². The van der Waals surface area contributed by atoms with Crippen LogP contribution in [0.15, 0.2) is 30.3 Å². The van der Waals surface area contributed by atoms with Crippen molar-refractivity contribution in [3.05, 3.63) is 35.9 Å². The highest BCUT2D eigenvalue weighted by Crippen LogP contribution is 2.23. The van der Waals surface area contributed by atoms with Gasteiger partial charge in [0.05, 0.1) is 0 Å². The van der Waals surface area contributed by atoms with Crippen LogP contribution in [0.3, 0.4) is 0 Å². The van der Waals surface area contributed by atoms with Gasteiger partial charge in [0, 0.05) is 12.5 Å². The first-order valence-electron chi connectivity index (χ1n) is 5.14. The van der Waals surface area contributed by atoms with E-state index in [9.17, 15) is 19.5 Å². The fourth-order valence-electron chi connectivity index (χ4n) is 1.47. The van der Waals surface area contributed by atoms with E-state index < -0.39 is 23.2 Å². The van der Waals surface area contributed by atoms with Gasteiger partial charge in [0.2, 0.25) is 17.2 Å². The van der Waals surface area contributed by atoms with E-state index in [4.69, 9.17) is 0 Å². The van der Waals surface area contributed by atoms with Gasteiger partial charge in [-0.1, -0.05) is 43.1 Å². The van der Waals surface area contributed by atoms with Crippen molar-refractivity contribution < 1.29 is 19.5 Å². The number of benzene rings is 1. The van der Waals surface area contributed by atoms with E-state index in [1.165, 1.54) is 12.1 Å². The Kier molecular flexibility index (Phi) is 4.13. The third kappa shape index (κ3) is 2.38. The summed E-state index contributed by atoms with van der Waals surface area (Å²) in [4.78, 5) is 34.8. The summed E-state index contributed by atoms with van der Waals surface area (Å²) in [7, 11) is 0. The van der Waals surface area contributed by atoms with Gasteiger partial charge >= 0.3 is 5.97 Å². The van der Waals surface area contributed by atoms with Gasteiger partial charge in [-0.2, -0.15) is 0 Å². The summed E-state index contributed by atoms with van der Waals surface area (Å²) in [5.74, 6) is -2.74. The highest BCUT2D eigenvalue weighted by atomic mass is 32.1. The van der Waals surface area contributed by atoms with Gasteiger partial charge in [-0.3, -0.25) is 13.9 Å². The lowest BCUT2D eigenvalue weighted by Crippen LogP contribution is -2.55. The van der Waals surface area contributed by atoms with Gasteiger partial charge in [0.25, 0.3) is 0 Å². The number of hydrogen-bond acceptors (Lipinski definition) is 4. The van der Waals surface area contributed by atoms with Crippen LogP contribution in [0.2, 0.25) is 0 Å². The first kappa shape index (κ1) is 14.2. The van der Waals surface area contributed by atoms with E-state index in [2.05, 4.69) is 12.8 Å². The molecule has 0 aliphatic rings. The Morgan fingerprint density at radius 3 is 2.11 bits per heavy atom. The molecule has 1 atom stereocenters. The maximum absolute atomic E-state index is 12.2. The number of amides is 1. The standard InChI is InChI=1S/C12H13NO4S/c1-8(14)13(18)12(2,11(16)17)10(15)9-6-4-3-5-7-9/h3-7,18H,1-2H3,(H,16,17)/t12-/m1/s1. The molecule has 96 valence electrons. The predicted molar refractivity (Wildman–Crippen MR) is 68.3 cm³/mol. The van der Waals surface area contributed by atoms with Crippen molar-refractivity contribution in [2.75, 3.05) is 0 Å². The van der Waals surface area contributed by atoms with Crippen molar-refractivity contribution >= 4 is 30.5 Å². The van der Waals surface area contributed by atoms with Crippen molar-refractivity contribution in [1.29, 1.82) is 0 Å². The monoisotopic (exact) mass is 267 g/mol. The molecule has 0 saturated carbocycles. The summed E-state index contributed by atoms with van der Waals surface area (Å²) in [6.45, 7) is 2.30. The first-order chi connectivity index (χ1) is 8.31. The molecule has 0 spiro atoms. The number of carboxylic acid groups (broad SMARTS) is 1. The van der Waals surface area contributed by atoms with Crippen LogP contribution < -0.4 is 0 Å². The zero-order valence-electron chi connectivity index (χ0n) is 9.95. The molecule has 0 aliphatic heterocycles. The molecule has 0 aliphatic carbocycles. The summed E-state index contributed by atoms with van der Waals surface area (Å²) in [6, 6.07) is 7.92. The number of aliphatic carboxylic acids is 1. The van der Waals surface area contributed by atoms with Crippen LogP contribution in [-0.2, 0) is 9.59 Å². The molecular formula is C12H13NO4S. The number of carbonyl (C=O) groups excluding carboxylic acids is 2. The first-order valence-corrected chi connectivity index (χ1v) is 5.54. The predicted octanol–water partition coefficient (Wildman–Crippen LogP) is 1.41. The van der Waals surface area contributed by atoms with Crippen molar-refractivity contribution in [3.63, 3.8) is 0 Å². The molecule has 0 heterocycles. The second-order valence-corrected chi connectivity index (χ2v) is 4.30. The fraction of sp³-hybridized carbons (Fsp3) is 0.250. The average Bonchev–Trinajstić information content (AvgIpc) is 2.36. The summed E-state index contributed by atoms with van der Waals surface area (Å²) < 4.78 is 0.630. The van der Waals surface area contributed by atoms with Crippen molar-refractivity contribution in [2.24, 2.45) is 0 Å². The SMILES string of the molecule is CC(=O)N(S)[C@@](C)(C(=O)O)C(=O)c1ccccc1. The zero-order chi connectivity index (χ0) is 13.9. The Bertz CT molecular complexity index is 488. The van der Waals surface area contributed by atoms with E-state index in [1.54, 1.807) is 18.2 Å². The third-order valence-corrected chi connectivity index (χ3v) is 3.30. The van der Waals surface area contributed by atoms with Crippen LogP contribution in [0.4, 0.5) is 0 Å². The Morgan fingerprint density at radius 2 is 1.72 bits per heavy atom. The van der Waals surface area contributed by atoms with Gasteiger partial charge in [-0.05, 0) is 6.92 Å². The summed E-state index contributed by atoms with van der Waals surface area (Å²) in [5, 5.41) is 9.22. The maximum atomic E-state index is 12.2. The van der Waals surface area contributed by atoms with Gasteiger partial charge < -0.3 is 5.11 Å². The highest BCUT2D eigenvalue weighted by Gasteiger charge is 2.47. The molecule has 0 saturated heterocycles. The normalized spacial score (nSPS) is 13.5. The zero-order valence-corrected chi connectivity index (χ0v) is 10.8. The minimum Gasteiger partial charge on any atom is -0.479 e. The molecule has 0 unspecified atom stereocenters. The summed E-state index contributed by atoms with van der Waals surface area (Å²) in [6.07, 6.45) is 0. The third-order valence-electron chi connectivity index (χ3n) is 2.62. The second-order valence-electron chi connectivity index (χ2n) is 3.90. The molecule has 0 bridgehead atoms. The average molecular weight is 267 g/mol. The molecule has 6 heteroatoms. The van der Waals surface area contributed by atoms with E-state index in [-0.39, 0.29) is 5.56 Å². The lowest BCUT2D eigenvalue weighted by Gasteiger charge is -2.31. The Balaban J connectivity index is 3.26. The Labute approximate surface area is 110 Å². The molecule has 1 rings (SSSR count). The smallest absolute Gasteiger partial charge is 0.338 e. The number of hydrogen-bond donors (Lipinski definition) is 2. The maximum Gasteiger partial charge on any atom is 0.338 e. The second kappa shape index (κ2) is 5.22. The largest absolute Gasteiger partial charge is 0.479 e. The highest BCUT2D eigenvalue weighted by molar-refractivity contribution is 7.78. The Hall–Kier alpha value is -1.82. The molecule has 1 amide bonds. The van der Waals surface area contributed by atoms with Gasteiger partial charge in [-0.25, -0.2) is 4.79 Å². The fourth-order valence-corrected chi connectivity index (χ4v) is 1.65. The molecule has 0 fully saturated rings.